The molecule has 3 aliphatic rings. The molecule has 1 saturated carbocycles. The van der Waals surface area contributed by atoms with Gasteiger partial charge in [0.1, 0.15) is 6.10 Å². The molecule has 0 spiro atoms. The average Bonchev–Trinajstić information content (AvgIpc) is 3.24. The van der Waals surface area contributed by atoms with Crippen molar-refractivity contribution in [3.8, 4) is 5.88 Å². The summed E-state index contributed by atoms with van der Waals surface area (Å²) < 4.78 is 11.3. The second-order valence-corrected chi connectivity index (χ2v) is 7.04. The summed E-state index contributed by atoms with van der Waals surface area (Å²) in [6.07, 6.45) is 10.4. The Morgan fingerprint density at radius 1 is 1.29 bits per heavy atom. The summed E-state index contributed by atoms with van der Waals surface area (Å²) in [5, 5.41) is 3.08. The summed E-state index contributed by atoms with van der Waals surface area (Å²) in [4.78, 5) is 16.7. The van der Waals surface area contributed by atoms with Crippen LogP contribution in [0, 0.1) is 17.8 Å². The molecule has 1 aliphatic heterocycles. The van der Waals surface area contributed by atoms with Crippen molar-refractivity contribution in [2.75, 3.05) is 13.2 Å². The molecule has 0 radical (unpaired) electrons. The van der Waals surface area contributed by atoms with E-state index in [0.29, 0.717) is 24.3 Å². The van der Waals surface area contributed by atoms with E-state index in [4.69, 9.17) is 9.47 Å². The van der Waals surface area contributed by atoms with Gasteiger partial charge in [0, 0.05) is 37.6 Å². The summed E-state index contributed by atoms with van der Waals surface area (Å²) in [6.45, 7) is 2.03. The van der Waals surface area contributed by atoms with Gasteiger partial charge < -0.3 is 14.8 Å². The zero-order chi connectivity index (χ0) is 16.4. The highest BCUT2D eigenvalue weighted by Crippen LogP contribution is 2.43. The van der Waals surface area contributed by atoms with E-state index in [9.17, 15) is 4.79 Å². The van der Waals surface area contributed by atoms with Crippen molar-refractivity contribution in [1.82, 2.24) is 10.3 Å². The molecule has 1 aromatic heterocycles. The predicted molar refractivity (Wildman–Crippen MR) is 89.4 cm³/mol. The maximum Gasteiger partial charge on any atom is 0.223 e. The number of allylic oxidation sites excluding steroid dienone is 2. The van der Waals surface area contributed by atoms with E-state index in [2.05, 4.69) is 22.5 Å². The van der Waals surface area contributed by atoms with Gasteiger partial charge in [-0.05, 0) is 36.3 Å². The van der Waals surface area contributed by atoms with Crippen molar-refractivity contribution in [2.24, 2.45) is 17.8 Å². The number of pyridine rings is 1. The van der Waals surface area contributed by atoms with E-state index in [0.717, 1.165) is 44.5 Å². The molecule has 128 valence electrons. The molecule has 2 heterocycles. The fraction of sp³-hybridized carbons (Fsp3) is 0.579. The monoisotopic (exact) mass is 328 g/mol. The summed E-state index contributed by atoms with van der Waals surface area (Å²) in [5.74, 6) is 2.03. The van der Waals surface area contributed by atoms with Crippen LogP contribution in [0.4, 0.5) is 0 Å². The number of carbonyl (C=O) groups excluding carboxylic acids is 1. The van der Waals surface area contributed by atoms with E-state index in [1.807, 2.05) is 12.1 Å². The molecule has 1 N–H and O–H groups in total. The van der Waals surface area contributed by atoms with Crippen LogP contribution in [-0.2, 0) is 16.1 Å². The van der Waals surface area contributed by atoms with Crippen LogP contribution in [0.25, 0.3) is 0 Å². The highest BCUT2D eigenvalue weighted by molar-refractivity contribution is 5.80. The summed E-state index contributed by atoms with van der Waals surface area (Å²) >= 11 is 0. The Morgan fingerprint density at radius 2 is 2.17 bits per heavy atom. The highest BCUT2D eigenvalue weighted by Gasteiger charge is 2.39. The Kier molecular flexibility index (Phi) is 4.52. The molecule has 5 heteroatoms. The molecule has 2 fully saturated rings. The molecule has 2 bridgehead atoms. The van der Waals surface area contributed by atoms with E-state index in [1.165, 1.54) is 0 Å². The quantitative estimate of drug-likeness (QED) is 0.844. The second-order valence-electron chi connectivity index (χ2n) is 7.04. The van der Waals surface area contributed by atoms with Crippen molar-refractivity contribution in [1.29, 1.82) is 0 Å². The number of rotatable bonds is 5. The first-order chi connectivity index (χ1) is 11.8. The van der Waals surface area contributed by atoms with Gasteiger partial charge in [-0.1, -0.05) is 12.2 Å². The normalized spacial score (nSPS) is 28.9. The minimum absolute atomic E-state index is 0.153. The van der Waals surface area contributed by atoms with Gasteiger partial charge in [0.05, 0.1) is 13.2 Å². The van der Waals surface area contributed by atoms with Gasteiger partial charge in [-0.2, -0.15) is 0 Å². The van der Waals surface area contributed by atoms with E-state index >= 15 is 0 Å². The number of fused-ring (bicyclic) bond motifs is 2. The number of nitrogens with zero attached hydrogens (tertiary/aromatic N) is 1. The number of ether oxygens (including phenoxy) is 2. The molecule has 0 unspecified atom stereocenters. The largest absolute Gasteiger partial charge is 0.474 e. The summed E-state index contributed by atoms with van der Waals surface area (Å²) in [5.41, 5.74) is 1.03. The van der Waals surface area contributed by atoms with Crippen molar-refractivity contribution in [2.45, 2.75) is 38.3 Å². The van der Waals surface area contributed by atoms with Crippen LogP contribution in [0.5, 0.6) is 5.88 Å². The number of carbonyl (C=O) groups is 1. The van der Waals surface area contributed by atoms with E-state index in [-0.39, 0.29) is 17.9 Å². The fourth-order valence-corrected chi connectivity index (χ4v) is 3.99. The Morgan fingerprint density at radius 3 is 2.92 bits per heavy atom. The molecule has 4 rings (SSSR count). The first-order valence-electron chi connectivity index (χ1n) is 8.93. The van der Waals surface area contributed by atoms with Crippen LogP contribution in [0.15, 0.2) is 30.5 Å². The average molecular weight is 328 g/mol. The molecule has 1 aromatic rings. The third-order valence-electron chi connectivity index (χ3n) is 5.34. The topological polar surface area (TPSA) is 60.5 Å². The van der Waals surface area contributed by atoms with Crippen molar-refractivity contribution < 1.29 is 14.3 Å². The zero-order valence-corrected chi connectivity index (χ0v) is 13.8. The highest BCUT2D eigenvalue weighted by atomic mass is 16.5. The first-order valence-corrected chi connectivity index (χ1v) is 8.93. The number of amides is 1. The molecule has 5 nitrogen and oxygen atoms in total. The fourth-order valence-electron chi connectivity index (χ4n) is 3.99. The van der Waals surface area contributed by atoms with Crippen LogP contribution in [0.1, 0.15) is 31.2 Å². The van der Waals surface area contributed by atoms with Crippen molar-refractivity contribution in [3.05, 3.63) is 36.0 Å². The zero-order valence-electron chi connectivity index (χ0n) is 13.8. The Hall–Kier alpha value is -1.88. The minimum atomic E-state index is 0.153. The van der Waals surface area contributed by atoms with Gasteiger partial charge in [-0.3, -0.25) is 4.79 Å². The van der Waals surface area contributed by atoms with Crippen LogP contribution >= 0.6 is 0 Å². The lowest BCUT2D eigenvalue weighted by Crippen LogP contribution is -2.32. The van der Waals surface area contributed by atoms with Crippen LogP contribution in [-0.4, -0.2) is 30.2 Å². The molecule has 24 heavy (non-hydrogen) atoms. The third-order valence-corrected chi connectivity index (χ3v) is 5.34. The molecule has 1 saturated heterocycles. The van der Waals surface area contributed by atoms with Crippen LogP contribution < -0.4 is 10.1 Å². The maximum absolute atomic E-state index is 12.4. The van der Waals surface area contributed by atoms with Gasteiger partial charge in [0.2, 0.25) is 11.8 Å². The van der Waals surface area contributed by atoms with Gasteiger partial charge in [0.25, 0.3) is 0 Å². The van der Waals surface area contributed by atoms with Gasteiger partial charge in [-0.25, -0.2) is 4.98 Å². The standard InChI is InChI=1S/C19H24N2O3/c22-19(17-10-13-1-2-15(17)9-13)21-12-14-3-6-20-18(11-14)24-16-4-7-23-8-5-16/h1-3,6,11,13,15-17H,4-5,7-10,12H2,(H,21,22)/t13-,15-,17+/m0/s1. The molecular weight excluding hydrogens is 304 g/mol. The Balaban J connectivity index is 1.30. The Bertz CT molecular complexity index is 625. The number of hydrogen-bond donors (Lipinski definition) is 1. The number of hydrogen-bond acceptors (Lipinski definition) is 4. The SMILES string of the molecule is O=C(NCc1ccnc(OC2CCOCC2)c1)[C@@H]1C[C@H]2C=C[C@H]1C2. The maximum atomic E-state index is 12.4. The predicted octanol–water partition coefficient (Wildman–Crippen LogP) is 2.47. The molecular formula is C19H24N2O3. The van der Waals surface area contributed by atoms with Crippen LogP contribution in [0.3, 0.4) is 0 Å². The van der Waals surface area contributed by atoms with E-state index < -0.39 is 0 Å². The number of aromatic nitrogens is 1. The van der Waals surface area contributed by atoms with Gasteiger partial charge in [0.15, 0.2) is 0 Å². The summed E-state index contributed by atoms with van der Waals surface area (Å²) in [7, 11) is 0. The van der Waals surface area contributed by atoms with Crippen molar-refractivity contribution >= 4 is 5.91 Å². The molecule has 2 aliphatic carbocycles. The molecule has 0 aromatic carbocycles. The minimum Gasteiger partial charge on any atom is -0.474 e. The Labute approximate surface area is 142 Å². The van der Waals surface area contributed by atoms with Crippen molar-refractivity contribution in [3.63, 3.8) is 0 Å². The third kappa shape index (κ3) is 3.46. The number of nitrogens with one attached hydrogen (secondary N) is 1. The lowest BCUT2D eigenvalue weighted by Gasteiger charge is -2.23. The van der Waals surface area contributed by atoms with Gasteiger partial charge >= 0.3 is 0 Å². The lowest BCUT2D eigenvalue weighted by atomic mass is 9.93. The lowest BCUT2D eigenvalue weighted by molar-refractivity contribution is -0.125. The van der Waals surface area contributed by atoms with E-state index in [1.54, 1.807) is 6.20 Å². The molecule has 3 atom stereocenters. The smallest absolute Gasteiger partial charge is 0.223 e. The van der Waals surface area contributed by atoms with Crippen LogP contribution in [0.2, 0.25) is 0 Å². The first kappa shape index (κ1) is 15.6. The molecule has 1 amide bonds. The van der Waals surface area contributed by atoms with Gasteiger partial charge in [-0.15, -0.1) is 0 Å². The summed E-state index contributed by atoms with van der Waals surface area (Å²) in [6, 6.07) is 3.86. The second kappa shape index (κ2) is 6.93.